The van der Waals surface area contributed by atoms with Crippen molar-refractivity contribution in [2.45, 2.75) is 38.8 Å². The minimum absolute atomic E-state index is 0.000136. The lowest BCUT2D eigenvalue weighted by atomic mass is 10.1. The number of nitrogens with zero attached hydrogens (tertiary/aromatic N) is 2. The third-order valence-corrected chi connectivity index (χ3v) is 5.92. The van der Waals surface area contributed by atoms with Crippen LogP contribution in [-0.4, -0.2) is 43.6 Å². The van der Waals surface area contributed by atoms with Crippen molar-refractivity contribution < 1.29 is 23.9 Å². The van der Waals surface area contributed by atoms with Crippen LogP contribution in [-0.2, 0) is 25.5 Å². The SMILES string of the molecule is COc1ccccc1N1C[C@H](C(=O)O[C@@H](C)C(=O)N2c3ccccc3C[C@H]2C)CC1=O. The van der Waals surface area contributed by atoms with Crippen LogP contribution in [0.25, 0.3) is 0 Å². The molecule has 31 heavy (non-hydrogen) atoms. The molecule has 0 unspecified atom stereocenters. The van der Waals surface area contributed by atoms with Gasteiger partial charge in [-0.15, -0.1) is 0 Å². The van der Waals surface area contributed by atoms with E-state index in [2.05, 4.69) is 0 Å². The van der Waals surface area contributed by atoms with Gasteiger partial charge >= 0.3 is 5.97 Å². The zero-order valence-corrected chi connectivity index (χ0v) is 17.9. The van der Waals surface area contributed by atoms with Gasteiger partial charge in [0.2, 0.25) is 5.91 Å². The van der Waals surface area contributed by atoms with Crippen LogP contribution in [0.4, 0.5) is 11.4 Å². The Kier molecular flexibility index (Phi) is 5.67. The molecule has 0 aromatic heterocycles. The summed E-state index contributed by atoms with van der Waals surface area (Å²) < 4.78 is 10.9. The largest absolute Gasteiger partial charge is 0.495 e. The summed E-state index contributed by atoms with van der Waals surface area (Å²) in [5.41, 5.74) is 2.59. The van der Waals surface area contributed by atoms with Crippen LogP contribution in [0.1, 0.15) is 25.8 Å². The first-order valence-corrected chi connectivity index (χ1v) is 10.5. The first kappa shape index (κ1) is 20.9. The average Bonchev–Trinajstić information content (AvgIpc) is 3.32. The Hall–Kier alpha value is -3.35. The number of para-hydroxylation sites is 3. The van der Waals surface area contributed by atoms with Gasteiger partial charge < -0.3 is 19.3 Å². The summed E-state index contributed by atoms with van der Waals surface area (Å²) in [4.78, 5) is 41.6. The van der Waals surface area contributed by atoms with Crippen molar-refractivity contribution in [1.29, 1.82) is 0 Å². The molecule has 3 atom stereocenters. The molecule has 0 saturated carbocycles. The standard InChI is InChI=1S/C24H26N2O5/c1-15-12-17-8-4-5-9-19(17)26(15)23(28)16(2)31-24(29)18-13-22(27)25(14-18)20-10-6-7-11-21(20)30-3/h4-11,15-16,18H,12-14H2,1-3H3/t15-,16+,18-/m1/s1. The van der Waals surface area contributed by atoms with Gasteiger partial charge in [-0.05, 0) is 44.0 Å². The van der Waals surface area contributed by atoms with Crippen molar-refractivity contribution in [2.24, 2.45) is 5.92 Å². The van der Waals surface area contributed by atoms with Crippen LogP contribution in [0.15, 0.2) is 48.5 Å². The Morgan fingerprint density at radius 2 is 1.71 bits per heavy atom. The molecule has 2 aromatic rings. The van der Waals surface area contributed by atoms with Gasteiger partial charge in [-0.2, -0.15) is 0 Å². The van der Waals surface area contributed by atoms with Gasteiger partial charge in [0.15, 0.2) is 6.10 Å². The summed E-state index contributed by atoms with van der Waals surface area (Å²) in [5.74, 6) is -1.03. The Balaban J connectivity index is 1.43. The molecule has 0 spiro atoms. The van der Waals surface area contributed by atoms with Crippen molar-refractivity contribution in [1.82, 2.24) is 0 Å². The first-order valence-electron chi connectivity index (χ1n) is 10.5. The lowest BCUT2D eigenvalue weighted by Crippen LogP contribution is -2.43. The van der Waals surface area contributed by atoms with Crippen LogP contribution in [0.5, 0.6) is 5.75 Å². The number of carbonyl (C=O) groups is 3. The van der Waals surface area contributed by atoms with Crippen LogP contribution < -0.4 is 14.5 Å². The summed E-state index contributed by atoms with van der Waals surface area (Å²) in [7, 11) is 1.54. The summed E-state index contributed by atoms with van der Waals surface area (Å²) in [6, 6.07) is 14.9. The van der Waals surface area contributed by atoms with E-state index in [4.69, 9.17) is 9.47 Å². The highest BCUT2D eigenvalue weighted by Gasteiger charge is 2.40. The monoisotopic (exact) mass is 422 g/mol. The highest BCUT2D eigenvalue weighted by atomic mass is 16.5. The maximum absolute atomic E-state index is 13.1. The Morgan fingerprint density at radius 1 is 1.03 bits per heavy atom. The van der Waals surface area contributed by atoms with Crippen molar-refractivity contribution in [2.75, 3.05) is 23.5 Å². The maximum Gasteiger partial charge on any atom is 0.312 e. The second-order valence-electron chi connectivity index (χ2n) is 8.05. The average molecular weight is 422 g/mol. The number of anilines is 2. The van der Waals surface area contributed by atoms with Crippen LogP contribution in [0, 0.1) is 5.92 Å². The molecule has 0 N–H and O–H groups in total. The molecule has 162 valence electrons. The van der Waals surface area contributed by atoms with Crippen LogP contribution >= 0.6 is 0 Å². The molecule has 2 aromatic carbocycles. The number of hydrogen-bond acceptors (Lipinski definition) is 5. The second kappa shape index (κ2) is 8.41. The Morgan fingerprint density at radius 3 is 2.45 bits per heavy atom. The molecule has 1 fully saturated rings. The predicted molar refractivity (Wildman–Crippen MR) is 116 cm³/mol. The number of methoxy groups -OCH3 is 1. The minimum Gasteiger partial charge on any atom is -0.495 e. The highest BCUT2D eigenvalue weighted by Crippen LogP contribution is 2.34. The number of amides is 2. The van der Waals surface area contributed by atoms with E-state index >= 15 is 0 Å². The third kappa shape index (κ3) is 3.87. The minimum atomic E-state index is -0.934. The number of esters is 1. The molecule has 7 nitrogen and oxygen atoms in total. The molecular formula is C24H26N2O5. The zero-order chi connectivity index (χ0) is 22.1. The van der Waals surface area contributed by atoms with Gasteiger partial charge in [0.05, 0.1) is 18.7 Å². The molecule has 1 saturated heterocycles. The molecule has 2 heterocycles. The fourth-order valence-corrected chi connectivity index (χ4v) is 4.37. The van der Waals surface area contributed by atoms with Gasteiger partial charge in [-0.1, -0.05) is 30.3 Å². The lowest BCUT2D eigenvalue weighted by molar-refractivity contribution is -0.157. The summed E-state index contributed by atoms with van der Waals surface area (Å²) in [6.45, 7) is 3.76. The quantitative estimate of drug-likeness (QED) is 0.693. The molecule has 0 bridgehead atoms. The maximum atomic E-state index is 13.1. The normalized spacial score (nSPS) is 21.1. The second-order valence-corrected chi connectivity index (χ2v) is 8.05. The van der Waals surface area contributed by atoms with Crippen LogP contribution in [0.3, 0.4) is 0 Å². The molecule has 2 aliphatic heterocycles. The van der Waals surface area contributed by atoms with E-state index in [1.807, 2.05) is 43.3 Å². The summed E-state index contributed by atoms with van der Waals surface area (Å²) >= 11 is 0. The van der Waals surface area contributed by atoms with E-state index in [0.717, 1.165) is 17.7 Å². The lowest BCUT2D eigenvalue weighted by Gasteiger charge is -2.26. The number of ether oxygens (including phenoxy) is 2. The highest BCUT2D eigenvalue weighted by molar-refractivity contribution is 6.02. The fraction of sp³-hybridized carbons (Fsp3) is 0.375. The number of rotatable bonds is 5. The van der Waals surface area contributed by atoms with Crippen molar-refractivity contribution in [3.05, 3.63) is 54.1 Å². The van der Waals surface area contributed by atoms with E-state index < -0.39 is 18.0 Å². The van der Waals surface area contributed by atoms with Crippen molar-refractivity contribution in [3.8, 4) is 5.75 Å². The summed E-state index contributed by atoms with van der Waals surface area (Å²) in [5, 5.41) is 0. The Labute approximate surface area is 181 Å². The van der Waals surface area contributed by atoms with Gasteiger partial charge in [-0.3, -0.25) is 14.4 Å². The molecule has 2 aliphatic rings. The molecule has 2 amide bonds. The molecular weight excluding hydrogens is 396 g/mol. The first-order chi connectivity index (χ1) is 14.9. The number of benzene rings is 2. The zero-order valence-electron chi connectivity index (χ0n) is 17.9. The van der Waals surface area contributed by atoms with Crippen molar-refractivity contribution in [3.63, 3.8) is 0 Å². The molecule has 4 rings (SSSR count). The van der Waals surface area contributed by atoms with E-state index in [1.54, 1.807) is 24.0 Å². The number of carbonyl (C=O) groups excluding carboxylic acids is 3. The third-order valence-electron chi connectivity index (χ3n) is 5.92. The van der Waals surface area contributed by atoms with Gasteiger partial charge in [0.1, 0.15) is 5.75 Å². The van der Waals surface area contributed by atoms with Crippen LogP contribution in [0.2, 0.25) is 0 Å². The molecule has 7 heteroatoms. The fourth-order valence-electron chi connectivity index (χ4n) is 4.37. The van der Waals surface area contributed by atoms with Gasteiger partial charge in [-0.25, -0.2) is 0 Å². The summed E-state index contributed by atoms with van der Waals surface area (Å²) in [6.07, 6.45) is -0.120. The van der Waals surface area contributed by atoms with E-state index in [1.165, 1.54) is 12.0 Å². The molecule has 0 radical (unpaired) electrons. The Bertz CT molecular complexity index is 1020. The molecule has 0 aliphatic carbocycles. The van der Waals surface area contributed by atoms with Gasteiger partial charge in [0.25, 0.3) is 5.91 Å². The van der Waals surface area contributed by atoms with E-state index in [-0.39, 0.29) is 30.8 Å². The number of hydrogen-bond donors (Lipinski definition) is 0. The predicted octanol–water partition coefficient (Wildman–Crippen LogP) is 2.96. The van der Waals surface area contributed by atoms with Crippen molar-refractivity contribution >= 4 is 29.2 Å². The van der Waals surface area contributed by atoms with E-state index in [0.29, 0.717) is 11.4 Å². The van der Waals surface area contributed by atoms with Gasteiger partial charge in [0, 0.05) is 24.7 Å². The topological polar surface area (TPSA) is 76.2 Å². The van der Waals surface area contributed by atoms with E-state index in [9.17, 15) is 14.4 Å². The smallest absolute Gasteiger partial charge is 0.312 e. The number of fused-ring (bicyclic) bond motifs is 1.